The first-order valence-electron chi connectivity index (χ1n) is 6.92. The molecule has 0 aliphatic carbocycles. The summed E-state index contributed by atoms with van der Waals surface area (Å²) in [5.41, 5.74) is 1.09. The van der Waals surface area contributed by atoms with Crippen molar-refractivity contribution in [3.63, 3.8) is 0 Å². The van der Waals surface area contributed by atoms with Crippen molar-refractivity contribution in [3.8, 4) is 0 Å². The van der Waals surface area contributed by atoms with E-state index in [0.29, 0.717) is 5.02 Å². The van der Waals surface area contributed by atoms with Crippen LogP contribution in [0.3, 0.4) is 0 Å². The van der Waals surface area contributed by atoms with E-state index in [4.69, 9.17) is 58.0 Å². The van der Waals surface area contributed by atoms with Gasteiger partial charge in [-0.2, -0.15) is 0 Å². The van der Waals surface area contributed by atoms with Gasteiger partial charge in [-0.05, 0) is 24.6 Å². The van der Waals surface area contributed by atoms with Crippen molar-refractivity contribution in [2.24, 2.45) is 0 Å². The molecule has 0 aliphatic heterocycles. The van der Waals surface area contributed by atoms with Crippen molar-refractivity contribution in [2.45, 2.75) is 13.0 Å². The molecule has 2 aromatic carbocycles. The van der Waals surface area contributed by atoms with Crippen molar-refractivity contribution in [1.29, 1.82) is 0 Å². The first kappa shape index (κ1) is 19.6. The van der Waals surface area contributed by atoms with E-state index in [0.717, 1.165) is 5.56 Å². The molecule has 3 nitrogen and oxygen atoms in total. The molecule has 0 radical (unpaired) electrons. The zero-order valence-electron chi connectivity index (χ0n) is 12.5. The summed E-state index contributed by atoms with van der Waals surface area (Å²) in [5, 5.41) is 7.01. The summed E-state index contributed by atoms with van der Waals surface area (Å²) >= 11 is 30.2. The maximum Gasteiger partial charge on any atom is 0.238 e. The van der Waals surface area contributed by atoms with E-state index >= 15 is 0 Å². The van der Waals surface area contributed by atoms with Crippen molar-refractivity contribution < 1.29 is 4.79 Å². The number of nitrogens with one attached hydrogen (secondary N) is 2. The van der Waals surface area contributed by atoms with Gasteiger partial charge in [0.25, 0.3) is 0 Å². The minimum Gasteiger partial charge on any atom is -0.322 e. The lowest BCUT2D eigenvalue weighted by Gasteiger charge is -2.16. The highest BCUT2D eigenvalue weighted by molar-refractivity contribution is 6.50. The van der Waals surface area contributed by atoms with Crippen LogP contribution in [0.15, 0.2) is 30.3 Å². The molecule has 0 bridgehead atoms. The van der Waals surface area contributed by atoms with Crippen LogP contribution in [0.5, 0.6) is 0 Å². The number of hydrogen-bond acceptors (Lipinski definition) is 2. The average molecular weight is 427 g/mol. The summed E-state index contributed by atoms with van der Waals surface area (Å²) in [5.74, 6) is -0.337. The Bertz CT molecular complexity index is 740. The van der Waals surface area contributed by atoms with Crippen LogP contribution in [0.2, 0.25) is 25.1 Å². The van der Waals surface area contributed by atoms with Crippen LogP contribution in [-0.2, 0) is 4.79 Å². The fourth-order valence-corrected chi connectivity index (χ4v) is 3.25. The molecule has 1 atom stereocenters. The van der Waals surface area contributed by atoms with Crippen LogP contribution in [0.1, 0.15) is 18.5 Å². The monoisotopic (exact) mass is 424 g/mol. The molecule has 2 N–H and O–H groups in total. The SMILES string of the molecule is CC(NCC(=O)Nc1c(Cl)c(Cl)cc(Cl)c1Cl)c1ccccc1Cl. The van der Waals surface area contributed by atoms with Gasteiger partial charge in [-0.3, -0.25) is 4.79 Å². The molecule has 128 valence electrons. The van der Waals surface area contributed by atoms with Crippen LogP contribution in [0.4, 0.5) is 5.69 Å². The van der Waals surface area contributed by atoms with Gasteiger partial charge in [-0.15, -0.1) is 0 Å². The van der Waals surface area contributed by atoms with Gasteiger partial charge < -0.3 is 10.6 Å². The predicted molar refractivity (Wildman–Crippen MR) is 103 cm³/mol. The Balaban J connectivity index is 2.03. The second-order valence-electron chi connectivity index (χ2n) is 5.02. The standard InChI is InChI=1S/C16H13Cl5N2O/c1-8(9-4-2-3-5-10(9)17)22-7-13(24)23-16-14(20)11(18)6-12(19)15(16)21/h2-6,8,22H,7H2,1H3,(H,23,24). The largest absolute Gasteiger partial charge is 0.322 e. The molecule has 0 saturated carbocycles. The summed E-state index contributed by atoms with van der Waals surface area (Å²) in [6.45, 7) is 1.94. The number of carbonyl (C=O) groups is 1. The van der Waals surface area contributed by atoms with Gasteiger partial charge in [0.15, 0.2) is 0 Å². The molecule has 0 aromatic heterocycles. The topological polar surface area (TPSA) is 41.1 Å². The maximum absolute atomic E-state index is 12.2. The minimum atomic E-state index is -0.337. The first-order chi connectivity index (χ1) is 11.3. The fourth-order valence-electron chi connectivity index (χ4n) is 2.05. The number of amides is 1. The smallest absolute Gasteiger partial charge is 0.238 e. The van der Waals surface area contributed by atoms with Crippen molar-refractivity contribution >= 4 is 69.6 Å². The van der Waals surface area contributed by atoms with E-state index in [1.165, 1.54) is 6.07 Å². The van der Waals surface area contributed by atoms with Gasteiger partial charge in [0, 0.05) is 11.1 Å². The van der Waals surface area contributed by atoms with Gasteiger partial charge >= 0.3 is 0 Å². The highest BCUT2D eigenvalue weighted by Gasteiger charge is 2.17. The molecule has 0 aliphatic rings. The van der Waals surface area contributed by atoms with E-state index in [2.05, 4.69) is 10.6 Å². The number of rotatable bonds is 5. The third-order valence-corrected chi connectivity index (χ3v) is 5.24. The second kappa shape index (κ2) is 8.61. The summed E-state index contributed by atoms with van der Waals surface area (Å²) in [6, 6.07) is 8.72. The van der Waals surface area contributed by atoms with Gasteiger partial charge in [-0.1, -0.05) is 76.2 Å². The Morgan fingerprint density at radius 2 is 1.58 bits per heavy atom. The van der Waals surface area contributed by atoms with E-state index in [1.807, 2.05) is 25.1 Å². The van der Waals surface area contributed by atoms with Gasteiger partial charge in [0.2, 0.25) is 5.91 Å². The summed E-state index contributed by atoms with van der Waals surface area (Å²) in [4.78, 5) is 12.2. The summed E-state index contributed by atoms with van der Waals surface area (Å²) in [7, 11) is 0. The Morgan fingerprint density at radius 1 is 1.00 bits per heavy atom. The van der Waals surface area contributed by atoms with E-state index in [9.17, 15) is 4.79 Å². The van der Waals surface area contributed by atoms with Crippen LogP contribution < -0.4 is 10.6 Å². The van der Waals surface area contributed by atoms with Crippen LogP contribution in [-0.4, -0.2) is 12.5 Å². The molecular formula is C16H13Cl5N2O. The Labute approximate surface area is 165 Å². The van der Waals surface area contributed by atoms with E-state index < -0.39 is 0 Å². The molecule has 0 fully saturated rings. The molecule has 0 spiro atoms. The van der Waals surface area contributed by atoms with E-state index in [1.54, 1.807) is 6.07 Å². The van der Waals surface area contributed by atoms with E-state index in [-0.39, 0.29) is 44.3 Å². The molecule has 2 rings (SSSR count). The average Bonchev–Trinajstić information content (AvgIpc) is 2.55. The molecule has 0 saturated heterocycles. The zero-order chi connectivity index (χ0) is 17.9. The normalized spacial score (nSPS) is 12.1. The van der Waals surface area contributed by atoms with Crippen molar-refractivity contribution in [1.82, 2.24) is 5.32 Å². The fraction of sp³-hybridized carbons (Fsp3) is 0.188. The summed E-state index contributed by atoms with van der Waals surface area (Å²) < 4.78 is 0. The molecule has 1 amide bonds. The Kier molecular flexibility index (Phi) is 7.05. The molecule has 2 aromatic rings. The van der Waals surface area contributed by atoms with Gasteiger partial charge in [-0.25, -0.2) is 0 Å². The van der Waals surface area contributed by atoms with Gasteiger partial charge in [0.1, 0.15) is 0 Å². The number of anilines is 1. The number of carbonyl (C=O) groups excluding carboxylic acids is 1. The third-order valence-electron chi connectivity index (χ3n) is 3.32. The number of hydrogen-bond donors (Lipinski definition) is 2. The zero-order valence-corrected chi connectivity index (χ0v) is 16.2. The highest BCUT2D eigenvalue weighted by atomic mass is 35.5. The number of benzene rings is 2. The molecule has 0 heterocycles. The number of halogens is 5. The lowest BCUT2D eigenvalue weighted by molar-refractivity contribution is -0.115. The Hall–Kier alpha value is -0.680. The van der Waals surface area contributed by atoms with Crippen LogP contribution in [0.25, 0.3) is 0 Å². The Morgan fingerprint density at radius 3 is 2.17 bits per heavy atom. The second-order valence-corrected chi connectivity index (χ2v) is 6.99. The quantitative estimate of drug-likeness (QED) is 0.556. The van der Waals surface area contributed by atoms with Crippen molar-refractivity contribution in [2.75, 3.05) is 11.9 Å². The third kappa shape index (κ3) is 4.69. The molecule has 8 heteroatoms. The first-order valence-corrected chi connectivity index (χ1v) is 8.81. The van der Waals surface area contributed by atoms with Crippen molar-refractivity contribution in [3.05, 3.63) is 61.0 Å². The molecule has 24 heavy (non-hydrogen) atoms. The van der Waals surface area contributed by atoms with Gasteiger partial charge in [0.05, 0.1) is 32.3 Å². The summed E-state index contributed by atoms with van der Waals surface area (Å²) in [6.07, 6.45) is 0. The predicted octanol–water partition coefficient (Wildman–Crippen LogP) is 6.24. The molecule has 1 unspecified atom stereocenters. The molecular weight excluding hydrogens is 413 g/mol. The lowest BCUT2D eigenvalue weighted by Crippen LogP contribution is -2.30. The maximum atomic E-state index is 12.2. The highest BCUT2D eigenvalue weighted by Crippen LogP contribution is 2.40. The van der Waals surface area contributed by atoms with Crippen LogP contribution in [0, 0.1) is 0 Å². The lowest BCUT2D eigenvalue weighted by atomic mass is 10.1. The van der Waals surface area contributed by atoms with Crippen LogP contribution >= 0.6 is 58.0 Å². The minimum absolute atomic E-state index is 0.0309.